The first kappa shape index (κ1) is 12.0. The van der Waals surface area contributed by atoms with Crippen LogP contribution in [0.5, 0.6) is 11.5 Å². The largest absolute Gasteiger partial charge is 0.457 e. The zero-order valence-electron chi connectivity index (χ0n) is 8.69. The lowest BCUT2D eigenvalue weighted by molar-refractivity contribution is 0.111. The summed E-state index contributed by atoms with van der Waals surface area (Å²) in [6.45, 7) is 0. The van der Waals surface area contributed by atoms with E-state index in [0.29, 0.717) is 12.0 Å². The van der Waals surface area contributed by atoms with Crippen LogP contribution in [0.2, 0.25) is 0 Å². The molecule has 2 rings (SSSR count). The van der Waals surface area contributed by atoms with Gasteiger partial charge in [-0.25, -0.2) is 4.39 Å². The number of ether oxygens (including phenoxy) is 1. The fourth-order valence-corrected chi connectivity index (χ4v) is 1.71. The van der Waals surface area contributed by atoms with E-state index in [1.165, 1.54) is 12.1 Å². The number of halogens is 2. The van der Waals surface area contributed by atoms with Crippen molar-refractivity contribution in [1.82, 2.24) is 0 Å². The maximum absolute atomic E-state index is 13.3. The van der Waals surface area contributed by atoms with Gasteiger partial charge in [0, 0.05) is 3.57 Å². The number of hydrogen-bond acceptors (Lipinski definition) is 2. The molecule has 0 spiro atoms. The lowest BCUT2D eigenvalue weighted by Crippen LogP contribution is -1.93. The summed E-state index contributed by atoms with van der Waals surface area (Å²) >= 11 is 2.18. The molecule has 86 valence electrons. The second kappa shape index (κ2) is 5.27. The zero-order chi connectivity index (χ0) is 12.3. The maximum atomic E-state index is 13.3. The predicted molar refractivity (Wildman–Crippen MR) is 71.0 cm³/mol. The molecule has 2 nitrogen and oxygen atoms in total. The summed E-state index contributed by atoms with van der Waals surface area (Å²) in [5.74, 6) is 0.211. The van der Waals surface area contributed by atoms with Crippen LogP contribution in [0, 0.1) is 9.39 Å². The van der Waals surface area contributed by atoms with Gasteiger partial charge >= 0.3 is 0 Å². The smallest absolute Gasteiger partial charge is 0.156 e. The van der Waals surface area contributed by atoms with Crippen LogP contribution in [0.4, 0.5) is 4.39 Å². The van der Waals surface area contributed by atoms with Gasteiger partial charge in [-0.1, -0.05) is 6.07 Å². The zero-order valence-corrected chi connectivity index (χ0v) is 10.8. The van der Waals surface area contributed by atoms with Crippen LogP contribution in [-0.4, -0.2) is 6.29 Å². The Kier molecular flexibility index (Phi) is 3.73. The standard InChI is InChI=1S/C13H8FIO2/c14-12-2-1-3-13(11(12)8-16)17-10-6-4-9(15)5-7-10/h1-8H. The summed E-state index contributed by atoms with van der Waals surface area (Å²) in [5, 5.41) is 0. The second-order valence-electron chi connectivity index (χ2n) is 3.33. The molecule has 0 saturated carbocycles. The van der Waals surface area contributed by atoms with E-state index in [1.54, 1.807) is 18.2 Å². The highest BCUT2D eigenvalue weighted by Crippen LogP contribution is 2.26. The average Bonchev–Trinajstić information content (AvgIpc) is 2.32. The number of benzene rings is 2. The third kappa shape index (κ3) is 2.82. The van der Waals surface area contributed by atoms with Gasteiger partial charge in [0.05, 0.1) is 5.56 Å². The van der Waals surface area contributed by atoms with Crippen molar-refractivity contribution in [2.24, 2.45) is 0 Å². The van der Waals surface area contributed by atoms with Gasteiger partial charge in [-0.2, -0.15) is 0 Å². The van der Waals surface area contributed by atoms with Crippen molar-refractivity contribution in [3.63, 3.8) is 0 Å². The molecule has 0 radical (unpaired) electrons. The summed E-state index contributed by atoms with van der Waals surface area (Å²) in [6.07, 6.45) is 0.456. The van der Waals surface area contributed by atoms with Gasteiger partial charge < -0.3 is 4.74 Å². The second-order valence-corrected chi connectivity index (χ2v) is 4.57. The van der Waals surface area contributed by atoms with E-state index in [9.17, 15) is 9.18 Å². The van der Waals surface area contributed by atoms with Gasteiger partial charge in [0.1, 0.15) is 17.3 Å². The minimum atomic E-state index is -0.581. The van der Waals surface area contributed by atoms with E-state index < -0.39 is 5.82 Å². The van der Waals surface area contributed by atoms with E-state index in [1.807, 2.05) is 12.1 Å². The van der Waals surface area contributed by atoms with Crippen LogP contribution in [0.25, 0.3) is 0 Å². The van der Waals surface area contributed by atoms with Crippen LogP contribution >= 0.6 is 22.6 Å². The Labute approximate surface area is 112 Å². The van der Waals surface area contributed by atoms with E-state index in [0.717, 1.165) is 3.57 Å². The highest BCUT2D eigenvalue weighted by molar-refractivity contribution is 14.1. The topological polar surface area (TPSA) is 26.3 Å². The molecule has 0 heterocycles. The fraction of sp³-hybridized carbons (Fsp3) is 0. The molecular formula is C13H8FIO2. The van der Waals surface area contributed by atoms with Crippen LogP contribution in [0.3, 0.4) is 0 Å². The summed E-state index contributed by atoms with van der Waals surface area (Å²) in [4.78, 5) is 10.8. The van der Waals surface area contributed by atoms with Crippen LogP contribution in [-0.2, 0) is 0 Å². The highest BCUT2D eigenvalue weighted by atomic mass is 127. The van der Waals surface area contributed by atoms with Crippen LogP contribution < -0.4 is 4.74 Å². The molecule has 4 heteroatoms. The van der Waals surface area contributed by atoms with Crippen molar-refractivity contribution >= 4 is 28.9 Å². The summed E-state index contributed by atoms with van der Waals surface area (Å²) in [6, 6.07) is 11.6. The fourth-order valence-electron chi connectivity index (χ4n) is 1.35. The predicted octanol–water partition coefficient (Wildman–Crippen LogP) is 4.04. The van der Waals surface area contributed by atoms with Gasteiger partial charge in [-0.05, 0) is 59.0 Å². The monoisotopic (exact) mass is 342 g/mol. The van der Waals surface area contributed by atoms with Crippen molar-refractivity contribution in [3.05, 3.63) is 57.4 Å². The minimum absolute atomic E-state index is 0.0638. The Morgan fingerprint density at radius 1 is 1.12 bits per heavy atom. The molecule has 2 aromatic carbocycles. The first-order valence-corrected chi connectivity index (χ1v) is 5.95. The molecule has 0 aliphatic heterocycles. The SMILES string of the molecule is O=Cc1c(F)cccc1Oc1ccc(I)cc1. The molecule has 2 aromatic rings. The van der Waals surface area contributed by atoms with Gasteiger partial charge in [-0.15, -0.1) is 0 Å². The average molecular weight is 342 g/mol. The molecule has 17 heavy (non-hydrogen) atoms. The lowest BCUT2D eigenvalue weighted by atomic mass is 10.2. The Bertz CT molecular complexity index is 538. The Morgan fingerprint density at radius 2 is 1.82 bits per heavy atom. The summed E-state index contributed by atoms with van der Waals surface area (Å²) < 4.78 is 19.8. The molecule has 0 aliphatic carbocycles. The number of carbonyl (C=O) groups is 1. The van der Waals surface area contributed by atoms with Crippen molar-refractivity contribution < 1.29 is 13.9 Å². The van der Waals surface area contributed by atoms with Gasteiger partial charge in [0.2, 0.25) is 0 Å². The molecule has 0 atom stereocenters. The van der Waals surface area contributed by atoms with Crippen molar-refractivity contribution in [1.29, 1.82) is 0 Å². The van der Waals surface area contributed by atoms with Crippen LogP contribution in [0.1, 0.15) is 10.4 Å². The molecule has 0 saturated heterocycles. The molecule has 0 unspecified atom stereocenters. The molecule has 0 N–H and O–H groups in total. The molecule has 0 aromatic heterocycles. The lowest BCUT2D eigenvalue weighted by Gasteiger charge is -2.08. The molecular weight excluding hydrogens is 334 g/mol. The Hall–Kier alpha value is -1.43. The molecule has 0 amide bonds. The van der Waals surface area contributed by atoms with E-state index in [-0.39, 0.29) is 11.3 Å². The molecule has 0 fully saturated rings. The Balaban J connectivity index is 2.33. The Morgan fingerprint density at radius 3 is 2.47 bits per heavy atom. The summed E-state index contributed by atoms with van der Waals surface area (Å²) in [7, 11) is 0. The molecule has 0 bridgehead atoms. The third-order valence-corrected chi connectivity index (χ3v) is 2.89. The number of aldehydes is 1. The number of hydrogen-bond donors (Lipinski definition) is 0. The first-order chi connectivity index (χ1) is 8.20. The third-order valence-electron chi connectivity index (χ3n) is 2.17. The maximum Gasteiger partial charge on any atom is 0.156 e. The minimum Gasteiger partial charge on any atom is -0.457 e. The number of carbonyl (C=O) groups excluding carboxylic acids is 1. The number of rotatable bonds is 3. The molecule has 0 aliphatic rings. The summed E-state index contributed by atoms with van der Waals surface area (Å²) in [5.41, 5.74) is -0.0638. The van der Waals surface area contributed by atoms with Gasteiger partial charge in [0.15, 0.2) is 6.29 Å². The van der Waals surface area contributed by atoms with Crippen molar-refractivity contribution in [3.8, 4) is 11.5 Å². The van der Waals surface area contributed by atoms with Crippen molar-refractivity contribution in [2.75, 3.05) is 0 Å². The highest BCUT2D eigenvalue weighted by Gasteiger charge is 2.09. The quantitative estimate of drug-likeness (QED) is 0.622. The normalized spacial score (nSPS) is 10.0. The van der Waals surface area contributed by atoms with E-state index in [4.69, 9.17) is 4.74 Å². The van der Waals surface area contributed by atoms with Gasteiger partial charge in [0.25, 0.3) is 0 Å². The van der Waals surface area contributed by atoms with Crippen LogP contribution in [0.15, 0.2) is 42.5 Å². The first-order valence-electron chi connectivity index (χ1n) is 4.88. The van der Waals surface area contributed by atoms with E-state index in [2.05, 4.69) is 22.6 Å². The van der Waals surface area contributed by atoms with E-state index >= 15 is 0 Å². The van der Waals surface area contributed by atoms with Gasteiger partial charge in [-0.3, -0.25) is 4.79 Å². The van der Waals surface area contributed by atoms with Crippen molar-refractivity contribution in [2.45, 2.75) is 0 Å².